The average Bonchev–Trinajstić information content (AvgIpc) is 3.45. The summed E-state index contributed by atoms with van der Waals surface area (Å²) in [6.45, 7) is 5.35. The molecule has 39 heavy (non-hydrogen) atoms. The number of benzene rings is 3. The Morgan fingerprint density at radius 1 is 1.00 bits per heavy atom. The molecule has 0 bridgehead atoms. The van der Waals surface area contributed by atoms with Crippen molar-refractivity contribution in [3.05, 3.63) is 81.8 Å². The van der Waals surface area contributed by atoms with Gasteiger partial charge < -0.3 is 28.7 Å². The van der Waals surface area contributed by atoms with Crippen LogP contribution in [0.25, 0.3) is 6.08 Å². The van der Waals surface area contributed by atoms with Gasteiger partial charge in [-0.05, 0) is 60.5 Å². The number of para-hydroxylation sites is 1. The molecule has 3 aromatic carbocycles. The van der Waals surface area contributed by atoms with Crippen LogP contribution in [-0.4, -0.2) is 50.4 Å². The number of carbonyl (C=O) groups is 1. The van der Waals surface area contributed by atoms with Crippen LogP contribution in [0.5, 0.6) is 23.0 Å². The molecule has 9 heteroatoms. The molecule has 1 fully saturated rings. The highest BCUT2D eigenvalue weighted by Gasteiger charge is 2.24. The van der Waals surface area contributed by atoms with Crippen LogP contribution < -0.4 is 23.8 Å². The summed E-state index contributed by atoms with van der Waals surface area (Å²) in [4.78, 5) is 17.2. The van der Waals surface area contributed by atoms with Gasteiger partial charge in [-0.1, -0.05) is 40.2 Å². The fraction of sp³-hybridized carbons (Fsp3) is 0.267. The molecule has 0 atom stereocenters. The first-order valence-corrected chi connectivity index (χ1v) is 13.5. The molecular weight excluding hydrogens is 562 g/mol. The number of anilines is 1. The van der Waals surface area contributed by atoms with E-state index in [9.17, 15) is 10.1 Å². The Bertz CT molecular complexity index is 1410. The van der Waals surface area contributed by atoms with E-state index in [4.69, 9.17) is 18.9 Å². The first-order valence-electron chi connectivity index (χ1n) is 12.7. The van der Waals surface area contributed by atoms with Crippen molar-refractivity contribution in [1.29, 1.82) is 5.26 Å². The fourth-order valence-electron chi connectivity index (χ4n) is 4.51. The van der Waals surface area contributed by atoms with Gasteiger partial charge in [-0.15, -0.1) is 0 Å². The molecule has 0 aliphatic carbocycles. The zero-order chi connectivity index (χ0) is 27.2. The van der Waals surface area contributed by atoms with Crippen LogP contribution in [0.15, 0.2) is 70.7 Å². The summed E-state index contributed by atoms with van der Waals surface area (Å²) in [5, 5.41) is 9.85. The smallest absolute Gasteiger partial charge is 0.264 e. The van der Waals surface area contributed by atoms with Crippen LogP contribution in [0, 0.1) is 11.3 Å². The molecule has 5 rings (SSSR count). The third-order valence-corrected chi connectivity index (χ3v) is 7.22. The van der Waals surface area contributed by atoms with E-state index in [0.717, 1.165) is 11.3 Å². The van der Waals surface area contributed by atoms with Crippen molar-refractivity contribution in [2.24, 2.45) is 0 Å². The van der Waals surface area contributed by atoms with Gasteiger partial charge in [0, 0.05) is 36.3 Å². The Balaban J connectivity index is 1.29. The summed E-state index contributed by atoms with van der Waals surface area (Å²) >= 11 is 3.58. The quantitative estimate of drug-likeness (QED) is 0.256. The zero-order valence-electron chi connectivity index (χ0n) is 21.6. The van der Waals surface area contributed by atoms with E-state index < -0.39 is 0 Å². The van der Waals surface area contributed by atoms with Gasteiger partial charge in [-0.25, -0.2) is 0 Å². The maximum Gasteiger partial charge on any atom is 0.264 e. The lowest BCUT2D eigenvalue weighted by Gasteiger charge is -2.36. The molecule has 1 amide bonds. The van der Waals surface area contributed by atoms with Crippen LogP contribution in [0.2, 0.25) is 0 Å². The monoisotopic (exact) mass is 589 g/mol. The zero-order valence-corrected chi connectivity index (χ0v) is 23.1. The van der Waals surface area contributed by atoms with Crippen LogP contribution in [0.4, 0.5) is 5.69 Å². The van der Waals surface area contributed by atoms with Crippen molar-refractivity contribution in [3.8, 4) is 29.1 Å². The highest BCUT2D eigenvalue weighted by molar-refractivity contribution is 9.10. The number of hydrogen-bond acceptors (Lipinski definition) is 7. The molecule has 2 aliphatic heterocycles. The Labute approximate surface area is 236 Å². The maximum atomic E-state index is 13.2. The predicted octanol–water partition coefficient (Wildman–Crippen LogP) is 5.41. The van der Waals surface area contributed by atoms with Crippen molar-refractivity contribution in [3.63, 3.8) is 0 Å². The minimum atomic E-state index is -0.279. The molecule has 0 N–H and O–H groups in total. The number of carbonyl (C=O) groups excluding carboxylic acids is 1. The Hall–Kier alpha value is -4.16. The van der Waals surface area contributed by atoms with Gasteiger partial charge in [0.15, 0.2) is 23.0 Å². The molecule has 8 nitrogen and oxygen atoms in total. The lowest BCUT2D eigenvalue weighted by atomic mass is 10.1. The van der Waals surface area contributed by atoms with Crippen molar-refractivity contribution < 1.29 is 23.7 Å². The van der Waals surface area contributed by atoms with E-state index in [-0.39, 0.29) is 18.3 Å². The van der Waals surface area contributed by atoms with Crippen LogP contribution in [0.3, 0.4) is 0 Å². The largest absolute Gasteiger partial charge is 0.490 e. The highest BCUT2D eigenvalue weighted by Crippen LogP contribution is 2.37. The van der Waals surface area contributed by atoms with Gasteiger partial charge in [0.05, 0.1) is 6.61 Å². The van der Waals surface area contributed by atoms with Crippen molar-refractivity contribution in [1.82, 2.24) is 4.90 Å². The van der Waals surface area contributed by atoms with E-state index in [0.29, 0.717) is 72.4 Å². The number of hydrogen-bond donors (Lipinski definition) is 0. The number of piperazine rings is 1. The second kappa shape index (κ2) is 12.1. The SMILES string of the molecule is CCOc1cc(/C=C(/C#N)C(=O)N2CCN(c3ccccc3)CC2)c(Br)cc1OCc1ccc2c(c1)OCO2. The summed E-state index contributed by atoms with van der Waals surface area (Å²) in [5.74, 6) is 2.19. The first kappa shape index (κ1) is 26.4. The second-order valence-electron chi connectivity index (χ2n) is 9.01. The van der Waals surface area contributed by atoms with E-state index in [1.165, 1.54) is 0 Å². The Morgan fingerprint density at radius 2 is 1.74 bits per heavy atom. The number of nitrogens with zero attached hydrogens (tertiary/aromatic N) is 3. The lowest BCUT2D eigenvalue weighted by molar-refractivity contribution is -0.126. The van der Waals surface area contributed by atoms with Gasteiger partial charge in [-0.2, -0.15) is 5.26 Å². The van der Waals surface area contributed by atoms with Crippen LogP contribution >= 0.6 is 15.9 Å². The second-order valence-corrected chi connectivity index (χ2v) is 9.87. The summed E-state index contributed by atoms with van der Waals surface area (Å²) in [7, 11) is 0. The third-order valence-electron chi connectivity index (χ3n) is 6.53. The number of amides is 1. The van der Waals surface area contributed by atoms with Crippen molar-refractivity contribution in [2.75, 3.05) is 44.5 Å². The molecule has 0 aromatic heterocycles. The van der Waals surface area contributed by atoms with E-state index >= 15 is 0 Å². The molecule has 0 spiro atoms. The summed E-state index contributed by atoms with van der Waals surface area (Å²) in [5.41, 5.74) is 2.78. The molecule has 0 radical (unpaired) electrons. The molecule has 2 heterocycles. The molecule has 3 aromatic rings. The van der Waals surface area contributed by atoms with E-state index in [1.807, 2.05) is 43.3 Å². The minimum absolute atomic E-state index is 0.0698. The third kappa shape index (κ3) is 6.13. The van der Waals surface area contributed by atoms with Gasteiger partial charge in [0.2, 0.25) is 6.79 Å². The molecule has 0 unspecified atom stereocenters. The van der Waals surface area contributed by atoms with E-state index in [1.54, 1.807) is 23.1 Å². The summed E-state index contributed by atoms with van der Waals surface area (Å²) in [6, 6.07) is 21.5. The maximum absolute atomic E-state index is 13.2. The molecule has 1 saturated heterocycles. The van der Waals surface area contributed by atoms with E-state index in [2.05, 4.69) is 39.0 Å². The number of nitriles is 1. The fourth-order valence-corrected chi connectivity index (χ4v) is 4.95. The number of halogens is 1. The standard InChI is InChI=1S/C30H28BrN3O5/c1-2-36-28-16-22(25(31)17-29(28)37-19-21-8-9-26-27(14-21)39-20-38-26)15-23(18-32)30(35)34-12-10-33(11-13-34)24-6-4-3-5-7-24/h3-9,14-17H,2,10-13,19-20H2,1H3/b23-15-. The number of rotatable bonds is 8. The Morgan fingerprint density at radius 3 is 2.49 bits per heavy atom. The van der Waals surface area contributed by atoms with Gasteiger partial charge in [0.25, 0.3) is 5.91 Å². The normalized spacial score (nSPS) is 14.6. The summed E-state index contributed by atoms with van der Waals surface area (Å²) in [6.07, 6.45) is 1.60. The highest BCUT2D eigenvalue weighted by atomic mass is 79.9. The molecule has 0 saturated carbocycles. The van der Waals surface area contributed by atoms with Gasteiger partial charge in [0.1, 0.15) is 18.2 Å². The number of ether oxygens (including phenoxy) is 4. The molecule has 2 aliphatic rings. The Kier molecular flexibility index (Phi) is 8.23. The van der Waals surface area contributed by atoms with Gasteiger partial charge >= 0.3 is 0 Å². The van der Waals surface area contributed by atoms with Crippen LogP contribution in [0.1, 0.15) is 18.1 Å². The van der Waals surface area contributed by atoms with Gasteiger partial charge in [-0.3, -0.25) is 4.79 Å². The molecular formula is C30H28BrN3O5. The average molecular weight is 590 g/mol. The summed E-state index contributed by atoms with van der Waals surface area (Å²) < 4.78 is 23.4. The van der Waals surface area contributed by atoms with Crippen LogP contribution in [-0.2, 0) is 11.4 Å². The topological polar surface area (TPSA) is 84.3 Å². The molecule has 200 valence electrons. The predicted molar refractivity (Wildman–Crippen MR) is 151 cm³/mol. The van der Waals surface area contributed by atoms with Crippen molar-refractivity contribution in [2.45, 2.75) is 13.5 Å². The minimum Gasteiger partial charge on any atom is -0.490 e. The number of fused-ring (bicyclic) bond motifs is 1. The lowest BCUT2D eigenvalue weighted by Crippen LogP contribution is -2.49. The first-order chi connectivity index (χ1) is 19.1. The van der Waals surface area contributed by atoms with Crippen molar-refractivity contribution >= 4 is 33.6 Å².